The average molecular weight is 238 g/mol. The summed E-state index contributed by atoms with van der Waals surface area (Å²) in [5, 5.41) is 9.27. The van der Waals surface area contributed by atoms with Crippen LogP contribution in [0.5, 0.6) is 0 Å². The first-order valence-electron chi connectivity index (χ1n) is 5.82. The number of halogens is 3. The van der Waals surface area contributed by atoms with Crippen molar-refractivity contribution in [1.82, 2.24) is 0 Å². The monoisotopic (exact) mass is 238 g/mol. The van der Waals surface area contributed by atoms with Crippen LogP contribution in [-0.2, 0) is 4.74 Å². The van der Waals surface area contributed by atoms with E-state index in [1.54, 1.807) is 0 Å². The van der Waals surface area contributed by atoms with Gasteiger partial charge in [0.05, 0.1) is 5.60 Å². The van der Waals surface area contributed by atoms with Gasteiger partial charge in [-0.05, 0) is 31.6 Å². The predicted octanol–water partition coefficient (Wildman–Crippen LogP) is 2.65. The van der Waals surface area contributed by atoms with Crippen molar-refractivity contribution in [2.75, 3.05) is 6.61 Å². The Balaban J connectivity index is 2.01. The highest BCUT2D eigenvalue weighted by Gasteiger charge is 2.49. The highest BCUT2D eigenvalue weighted by molar-refractivity contribution is 4.93. The van der Waals surface area contributed by atoms with Gasteiger partial charge in [0, 0.05) is 6.61 Å². The zero-order chi connectivity index (χ0) is 11.8. The second-order valence-corrected chi connectivity index (χ2v) is 4.98. The van der Waals surface area contributed by atoms with Gasteiger partial charge >= 0.3 is 6.18 Å². The Morgan fingerprint density at radius 2 is 1.88 bits per heavy atom. The van der Waals surface area contributed by atoms with E-state index in [1.165, 1.54) is 0 Å². The molecule has 0 radical (unpaired) electrons. The molecule has 0 aromatic rings. The Bertz CT molecular complexity index is 246. The Hall–Kier alpha value is -0.290. The predicted molar refractivity (Wildman–Crippen MR) is 51.9 cm³/mol. The smallest absolute Gasteiger partial charge is 0.383 e. The van der Waals surface area contributed by atoms with Gasteiger partial charge < -0.3 is 9.84 Å². The molecule has 1 unspecified atom stereocenters. The van der Waals surface area contributed by atoms with Gasteiger partial charge in [-0.2, -0.15) is 13.2 Å². The third-order valence-electron chi connectivity index (χ3n) is 3.83. The highest BCUT2D eigenvalue weighted by atomic mass is 19.4. The molecule has 1 saturated heterocycles. The Kier molecular flexibility index (Phi) is 3.18. The van der Waals surface area contributed by atoms with Gasteiger partial charge in [-0.1, -0.05) is 12.8 Å². The molecule has 2 nitrogen and oxygen atoms in total. The molecular formula is C11H17F3O2. The van der Waals surface area contributed by atoms with Crippen molar-refractivity contribution < 1.29 is 23.0 Å². The molecule has 2 aliphatic rings. The molecule has 1 aliphatic heterocycles. The fraction of sp³-hybridized carbons (Fsp3) is 1.00. The SMILES string of the molecule is O[C@@H](C1CCOC2(CCCC2)C1)C(F)(F)F. The first-order valence-corrected chi connectivity index (χ1v) is 5.82. The van der Waals surface area contributed by atoms with E-state index in [0.717, 1.165) is 25.7 Å². The maximum atomic E-state index is 12.4. The molecule has 16 heavy (non-hydrogen) atoms. The van der Waals surface area contributed by atoms with Gasteiger partial charge in [-0.15, -0.1) is 0 Å². The number of aliphatic hydroxyl groups is 1. The van der Waals surface area contributed by atoms with Crippen LogP contribution in [0.15, 0.2) is 0 Å². The summed E-state index contributed by atoms with van der Waals surface area (Å²) in [6.07, 6.45) is -2.29. The maximum Gasteiger partial charge on any atom is 0.414 e. The Labute approximate surface area is 92.8 Å². The lowest BCUT2D eigenvalue weighted by molar-refractivity contribution is -0.235. The van der Waals surface area contributed by atoms with Crippen molar-refractivity contribution >= 4 is 0 Å². The van der Waals surface area contributed by atoms with E-state index in [2.05, 4.69) is 0 Å². The van der Waals surface area contributed by atoms with Gasteiger partial charge in [-0.25, -0.2) is 0 Å². The molecule has 2 atom stereocenters. The number of rotatable bonds is 1. The Morgan fingerprint density at radius 3 is 2.44 bits per heavy atom. The molecule has 0 aromatic heterocycles. The number of hydrogen-bond acceptors (Lipinski definition) is 2. The fourth-order valence-electron chi connectivity index (χ4n) is 2.97. The standard InChI is InChI=1S/C11H17F3O2/c12-11(13,14)9(15)8-3-6-16-10(7-8)4-1-2-5-10/h8-9,15H,1-7H2/t8?,9-/m0/s1. The molecule has 2 rings (SSSR count). The lowest BCUT2D eigenvalue weighted by Crippen LogP contribution is -2.45. The van der Waals surface area contributed by atoms with E-state index in [9.17, 15) is 18.3 Å². The molecule has 0 aromatic carbocycles. The van der Waals surface area contributed by atoms with Crippen molar-refractivity contribution in [3.05, 3.63) is 0 Å². The molecule has 0 amide bonds. The average Bonchev–Trinajstić information content (AvgIpc) is 2.64. The van der Waals surface area contributed by atoms with Crippen molar-refractivity contribution in [1.29, 1.82) is 0 Å². The van der Waals surface area contributed by atoms with Crippen molar-refractivity contribution in [3.63, 3.8) is 0 Å². The number of aliphatic hydroxyl groups excluding tert-OH is 1. The summed E-state index contributed by atoms with van der Waals surface area (Å²) in [4.78, 5) is 0. The van der Waals surface area contributed by atoms with Crippen LogP contribution in [0.25, 0.3) is 0 Å². The van der Waals surface area contributed by atoms with Gasteiger partial charge in [0.1, 0.15) is 0 Å². The summed E-state index contributed by atoms with van der Waals surface area (Å²) in [5.74, 6) is -0.688. The van der Waals surface area contributed by atoms with Gasteiger partial charge in [0.2, 0.25) is 0 Å². The van der Waals surface area contributed by atoms with Crippen molar-refractivity contribution in [2.45, 2.75) is 56.4 Å². The number of alkyl halides is 3. The van der Waals surface area contributed by atoms with Crippen LogP contribution >= 0.6 is 0 Å². The van der Waals surface area contributed by atoms with Crippen molar-refractivity contribution in [3.8, 4) is 0 Å². The van der Waals surface area contributed by atoms with Gasteiger partial charge in [-0.3, -0.25) is 0 Å². The normalized spacial score (nSPS) is 31.9. The maximum absolute atomic E-state index is 12.4. The van der Waals surface area contributed by atoms with Gasteiger partial charge in [0.15, 0.2) is 6.10 Å². The third kappa shape index (κ3) is 2.35. The number of ether oxygens (including phenoxy) is 1. The summed E-state index contributed by atoms with van der Waals surface area (Å²) in [6, 6.07) is 0. The van der Waals surface area contributed by atoms with Crippen LogP contribution in [0.4, 0.5) is 13.2 Å². The first kappa shape index (κ1) is 12.2. The fourth-order valence-corrected chi connectivity index (χ4v) is 2.97. The summed E-state index contributed by atoms with van der Waals surface area (Å²) in [5.41, 5.74) is -0.366. The van der Waals surface area contributed by atoms with Crippen molar-refractivity contribution in [2.24, 2.45) is 5.92 Å². The topological polar surface area (TPSA) is 29.5 Å². The Morgan fingerprint density at radius 1 is 1.25 bits per heavy atom. The van der Waals surface area contributed by atoms with Crippen LogP contribution in [0, 0.1) is 5.92 Å². The van der Waals surface area contributed by atoms with Crippen LogP contribution < -0.4 is 0 Å². The van der Waals surface area contributed by atoms with Crippen LogP contribution in [0.2, 0.25) is 0 Å². The second-order valence-electron chi connectivity index (χ2n) is 4.98. The summed E-state index contributed by atoms with van der Waals surface area (Å²) in [7, 11) is 0. The van der Waals surface area contributed by atoms with E-state index in [4.69, 9.17) is 4.74 Å². The molecule has 1 N–H and O–H groups in total. The van der Waals surface area contributed by atoms with E-state index >= 15 is 0 Å². The third-order valence-corrected chi connectivity index (χ3v) is 3.83. The largest absolute Gasteiger partial charge is 0.414 e. The summed E-state index contributed by atoms with van der Waals surface area (Å²) < 4.78 is 42.9. The van der Waals surface area contributed by atoms with Crippen LogP contribution in [0.1, 0.15) is 38.5 Å². The molecule has 0 bridgehead atoms. The highest BCUT2D eigenvalue weighted by Crippen LogP contribution is 2.44. The lowest BCUT2D eigenvalue weighted by Gasteiger charge is -2.40. The zero-order valence-corrected chi connectivity index (χ0v) is 9.09. The van der Waals surface area contributed by atoms with E-state index in [1.807, 2.05) is 0 Å². The quantitative estimate of drug-likeness (QED) is 0.761. The molecule has 1 spiro atoms. The minimum atomic E-state index is -4.50. The van der Waals surface area contributed by atoms with E-state index < -0.39 is 18.2 Å². The summed E-state index contributed by atoms with van der Waals surface area (Å²) in [6.45, 7) is 0.345. The van der Waals surface area contributed by atoms with Crippen LogP contribution in [-0.4, -0.2) is 29.6 Å². The number of hydrogen-bond donors (Lipinski definition) is 1. The minimum absolute atomic E-state index is 0.308. The summed E-state index contributed by atoms with van der Waals surface area (Å²) >= 11 is 0. The molecule has 1 aliphatic carbocycles. The van der Waals surface area contributed by atoms with Gasteiger partial charge in [0.25, 0.3) is 0 Å². The van der Waals surface area contributed by atoms with Crippen LogP contribution in [0.3, 0.4) is 0 Å². The molecule has 5 heteroatoms. The second kappa shape index (κ2) is 4.18. The zero-order valence-electron chi connectivity index (χ0n) is 9.09. The molecular weight excluding hydrogens is 221 g/mol. The molecule has 1 saturated carbocycles. The first-order chi connectivity index (χ1) is 7.43. The molecule has 2 fully saturated rings. The lowest BCUT2D eigenvalue weighted by atomic mass is 9.81. The molecule has 94 valence electrons. The minimum Gasteiger partial charge on any atom is -0.383 e. The van der Waals surface area contributed by atoms with E-state index in [-0.39, 0.29) is 5.60 Å². The molecule has 1 heterocycles. The van der Waals surface area contributed by atoms with E-state index in [0.29, 0.717) is 19.4 Å².